The van der Waals surface area contributed by atoms with Crippen molar-refractivity contribution in [2.45, 2.75) is 6.42 Å². The van der Waals surface area contributed by atoms with Gasteiger partial charge in [-0.25, -0.2) is 4.98 Å². The SMILES string of the molecule is COc1ccc(Cc2nc3cc(Cl)ccc3n2C)cc1OC. The fraction of sp³-hybridized carbons (Fsp3) is 0.235. The summed E-state index contributed by atoms with van der Waals surface area (Å²) in [5.74, 6) is 2.43. The third-order valence-corrected chi connectivity index (χ3v) is 3.98. The summed E-state index contributed by atoms with van der Waals surface area (Å²) in [7, 11) is 5.28. The Morgan fingerprint density at radius 2 is 1.82 bits per heavy atom. The predicted molar refractivity (Wildman–Crippen MR) is 88.1 cm³/mol. The summed E-state index contributed by atoms with van der Waals surface area (Å²) >= 11 is 6.03. The largest absolute Gasteiger partial charge is 0.493 e. The van der Waals surface area contributed by atoms with Gasteiger partial charge in [0, 0.05) is 18.5 Å². The molecule has 3 rings (SSSR count). The average Bonchev–Trinajstić information content (AvgIpc) is 2.82. The summed E-state index contributed by atoms with van der Waals surface area (Å²) in [4.78, 5) is 4.67. The van der Waals surface area contributed by atoms with Gasteiger partial charge in [0.1, 0.15) is 5.82 Å². The second-order valence-electron chi connectivity index (χ2n) is 5.09. The number of fused-ring (bicyclic) bond motifs is 1. The van der Waals surface area contributed by atoms with E-state index < -0.39 is 0 Å². The van der Waals surface area contributed by atoms with E-state index in [1.54, 1.807) is 14.2 Å². The first kappa shape index (κ1) is 14.7. The number of benzene rings is 2. The molecule has 0 atom stereocenters. The van der Waals surface area contributed by atoms with E-state index in [1.807, 2.05) is 43.4 Å². The number of aromatic nitrogens is 2. The van der Waals surface area contributed by atoms with Gasteiger partial charge >= 0.3 is 0 Å². The molecule has 0 bridgehead atoms. The van der Waals surface area contributed by atoms with Crippen LogP contribution in [0.15, 0.2) is 36.4 Å². The lowest BCUT2D eigenvalue weighted by Crippen LogP contribution is -2.00. The van der Waals surface area contributed by atoms with Crippen LogP contribution in [-0.4, -0.2) is 23.8 Å². The number of rotatable bonds is 4. The Labute approximate surface area is 134 Å². The zero-order chi connectivity index (χ0) is 15.7. The first-order chi connectivity index (χ1) is 10.6. The lowest BCUT2D eigenvalue weighted by atomic mass is 10.1. The molecule has 4 nitrogen and oxygen atoms in total. The standard InChI is InChI=1S/C17H17ClN2O2/c1-20-14-6-5-12(18)10-13(14)19-17(20)9-11-4-7-15(21-2)16(8-11)22-3/h4-8,10H,9H2,1-3H3. The summed E-state index contributed by atoms with van der Waals surface area (Å²) in [6.07, 6.45) is 0.711. The number of hydrogen-bond donors (Lipinski definition) is 0. The molecule has 5 heteroatoms. The van der Waals surface area contributed by atoms with Gasteiger partial charge in [-0.15, -0.1) is 0 Å². The van der Waals surface area contributed by atoms with Crippen LogP contribution in [-0.2, 0) is 13.5 Å². The third kappa shape index (κ3) is 2.62. The summed E-state index contributed by atoms with van der Waals surface area (Å²) < 4.78 is 12.7. The highest BCUT2D eigenvalue weighted by Crippen LogP contribution is 2.29. The van der Waals surface area contributed by atoms with Gasteiger partial charge in [0.05, 0.1) is 25.3 Å². The molecule has 0 amide bonds. The molecule has 0 fully saturated rings. The Balaban J connectivity index is 1.97. The molecular weight excluding hydrogens is 300 g/mol. The Morgan fingerprint density at radius 3 is 2.55 bits per heavy atom. The van der Waals surface area contributed by atoms with Crippen LogP contribution >= 0.6 is 11.6 Å². The fourth-order valence-corrected chi connectivity index (χ4v) is 2.72. The lowest BCUT2D eigenvalue weighted by Gasteiger charge is -2.09. The zero-order valence-corrected chi connectivity index (χ0v) is 13.5. The quantitative estimate of drug-likeness (QED) is 0.734. The van der Waals surface area contributed by atoms with Crippen molar-refractivity contribution in [2.24, 2.45) is 7.05 Å². The van der Waals surface area contributed by atoms with E-state index in [1.165, 1.54) is 0 Å². The molecule has 0 aliphatic heterocycles. The van der Waals surface area contributed by atoms with Gasteiger partial charge < -0.3 is 14.0 Å². The number of hydrogen-bond acceptors (Lipinski definition) is 3. The van der Waals surface area contributed by atoms with Crippen molar-refractivity contribution >= 4 is 22.6 Å². The number of nitrogens with zero attached hydrogens (tertiary/aromatic N) is 2. The predicted octanol–water partition coefficient (Wildman–Crippen LogP) is 3.83. The maximum atomic E-state index is 6.03. The van der Waals surface area contributed by atoms with Gasteiger partial charge in [-0.05, 0) is 35.9 Å². The molecule has 114 valence electrons. The van der Waals surface area contributed by atoms with E-state index >= 15 is 0 Å². The lowest BCUT2D eigenvalue weighted by molar-refractivity contribution is 0.354. The van der Waals surface area contributed by atoms with E-state index in [-0.39, 0.29) is 0 Å². The van der Waals surface area contributed by atoms with Crippen LogP contribution in [0.3, 0.4) is 0 Å². The molecule has 0 unspecified atom stereocenters. The van der Waals surface area contributed by atoms with Crippen LogP contribution in [0.5, 0.6) is 11.5 Å². The number of imidazole rings is 1. The fourth-order valence-electron chi connectivity index (χ4n) is 2.55. The first-order valence-corrected chi connectivity index (χ1v) is 7.32. The normalized spacial score (nSPS) is 10.9. The Bertz CT molecular complexity index is 827. The highest BCUT2D eigenvalue weighted by molar-refractivity contribution is 6.31. The monoisotopic (exact) mass is 316 g/mol. The molecular formula is C17H17ClN2O2. The van der Waals surface area contributed by atoms with Crippen LogP contribution in [0, 0.1) is 0 Å². The molecule has 0 radical (unpaired) electrons. The van der Waals surface area contributed by atoms with Crippen LogP contribution in [0.1, 0.15) is 11.4 Å². The molecule has 0 aliphatic carbocycles. The van der Waals surface area contributed by atoms with Crippen LogP contribution in [0.4, 0.5) is 0 Å². The topological polar surface area (TPSA) is 36.3 Å². The van der Waals surface area contributed by atoms with Crippen molar-refractivity contribution < 1.29 is 9.47 Å². The van der Waals surface area contributed by atoms with Crippen molar-refractivity contribution in [1.82, 2.24) is 9.55 Å². The Morgan fingerprint density at radius 1 is 1.05 bits per heavy atom. The molecule has 1 aromatic heterocycles. The van der Waals surface area contributed by atoms with E-state index in [9.17, 15) is 0 Å². The molecule has 0 spiro atoms. The summed E-state index contributed by atoms with van der Waals surface area (Å²) in [5.41, 5.74) is 3.09. The van der Waals surface area contributed by atoms with Gasteiger partial charge in [-0.1, -0.05) is 17.7 Å². The Kier molecular flexibility index (Phi) is 3.94. The smallest absolute Gasteiger partial charge is 0.161 e. The van der Waals surface area contributed by atoms with E-state index in [0.29, 0.717) is 11.4 Å². The minimum absolute atomic E-state index is 0.697. The highest BCUT2D eigenvalue weighted by Gasteiger charge is 2.11. The number of aryl methyl sites for hydroxylation is 1. The van der Waals surface area contributed by atoms with Crippen LogP contribution in [0.25, 0.3) is 11.0 Å². The summed E-state index contributed by atoms with van der Waals surface area (Å²) in [6.45, 7) is 0. The average molecular weight is 317 g/mol. The van der Waals surface area contributed by atoms with Crippen LogP contribution < -0.4 is 9.47 Å². The summed E-state index contributed by atoms with van der Waals surface area (Å²) in [6, 6.07) is 11.7. The first-order valence-electron chi connectivity index (χ1n) is 6.94. The van der Waals surface area contributed by atoms with Crippen LogP contribution in [0.2, 0.25) is 5.02 Å². The van der Waals surface area contributed by atoms with E-state index in [4.69, 9.17) is 21.1 Å². The maximum Gasteiger partial charge on any atom is 0.161 e. The molecule has 1 heterocycles. The number of ether oxygens (including phenoxy) is 2. The minimum Gasteiger partial charge on any atom is -0.493 e. The second-order valence-corrected chi connectivity index (χ2v) is 5.52. The molecule has 2 aromatic carbocycles. The maximum absolute atomic E-state index is 6.03. The molecule has 0 saturated carbocycles. The van der Waals surface area contributed by atoms with Gasteiger partial charge in [-0.3, -0.25) is 0 Å². The van der Waals surface area contributed by atoms with Gasteiger partial charge in [-0.2, -0.15) is 0 Å². The molecule has 22 heavy (non-hydrogen) atoms. The molecule has 0 saturated heterocycles. The molecule has 0 N–H and O–H groups in total. The van der Waals surface area contributed by atoms with E-state index in [0.717, 1.165) is 33.9 Å². The summed E-state index contributed by atoms with van der Waals surface area (Å²) in [5, 5.41) is 0.697. The van der Waals surface area contributed by atoms with E-state index in [2.05, 4.69) is 9.55 Å². The number of methoxy groups -OCH3 is 2. The van der Waals surface area contributed by atoms with Crippen molar-refractivity contribution in [3.8, 4) is 11.5 Å². The third-order valence-electron chi connectivity index (χ3n) is 3.75. The highest BCUT2D eigenvalue weighted by atomic mass is 35.5. The van der Waals surface area contributed by atoms with Crippen molar-refractivity contribution in [1.29, 1.82) is 0 Å². The molecule has 0 aliphatic rings. The second kappa shape index (κ2) is 5.89. The van der Waals surface area contributed by atoms with Crippen molar-refractivity contribution in [3.63, 3.8) is 0 Å². The van der Waals surface area contributed by atoms with Gasteiger partial charge in [0.2, 0.25) is 0 Å². The number of halogens is 1. The van der Waals surface area contributed by atoms with Gasteiger partial charge in [0.15, 0.2) is 11.5 Å². The Hall–Kier alpha value is -2.20. The minimum atomic E-state index is 0.697. The molecule has 3 aromatic rings. The van der Waals surface area contributed by atoms with Gasteiger partial charge in [0.25, 0.3) is 0 Å². The van der Waals surface area contributed by atoms with Crippen molar-refractivity contribution in [3.05, 3.63) is 52.8 Å². The zero-order valence-electron chi connectivity index (χ0n) is 12.8. The van der Waals surface area contributed by atoms with Crippen molar-refractivity contribution in [2.75, 3.05) is 14.2 Å².